The molecule has 1 aliphatic carbocycles. The number of anilines is 1. The molecule has 1 aromatic rings. The van der Waals surface area contributed by atoms with Crippen molar-refractivity contribution in [1.82, 2.24) is 10.3 Å². The number of hydrogen-bond acceptors (Lipinski definition) is 5. The van der Waals surface area contributed by atoms with Crippen LogP contribution in [0, 0.1) is 11.8 Å². The smallest absolute Gasteiger partial charge is 0.185 e. The van der Waals surface area contributed by atoms with E-state index in [1.165, 1.54) is 48.1 Å². The fraction of sp³-hybridized carbons (Fsp3) is 0.812. The summed E-state index contributed by atoms with van der Waals surface area (Å²) >= 11 is 1.89. The summed E-state index contributed by atoms with van der Waals surface area (Å²) in [5, 5.41) is 4.70. The van der Waals surface area contributed by atoms with Crippen LogP contribution in [0.3, 0.4) is 0 Å². The van der Waals surface area contributed by atoms with Crippen molar-refractivity contribution in [1.29, 1.82) is 0 Å². The maximum Gasteiger partial charge on any atom is 0.185 e. The van der Waals surface area contributed by atoms with Crippen molar-refractivity contribution in [2.75, 3.05) is 38.3 Å². The quantitative estimate of drug-likeness (QED) is 0.786. The zero-order valence-electron chi connectivity index (χ0n) is 13.2. The average Bonchev–Trinajstić information content (AvgIpc) is 3.16. The lowest BCUT2D eigenvalue weighted by atomic mass is 10.0. The van der Waals surface area contributed by atoms with Crippen LogP contribution in [-0.4, -0.2) is 38.3 Å². The molecule has 4 nitrogen and oxygen atoms in total. The number of aryl methyl sites for hydroxylation is 1. The Labute approximate surface area is 131 Å². The zero-order chi connectivity index (χ0) is 14.7. The third kappa shape index (κ3) is 3.41. The Morgan fingerprint density at radius 2 is 2.10 bits per heavy atom. The Bertz CT molecular complexity index is 450. The first kappa shape index (κ1) is 15.3. The van der Waals surface area contributed by atoms with E-state index < -0.39 is 0 Å². The third-order valence-electron chi connectivity index (χ3n) is 4.87. The van der Waals surface area contributed by atoms with Crippen molar-refractivity contribution in [3.8, 4) is 0 Å². The second kappa shape index (κ2) is 7.07. The van der Waals surface area contributed by atoms with Crippen LogP contribution in [0.2, 0.25) is 0 Å². The van der Waals surface area contributed by atoms with Crippen LogP contribution in [0.1, 0.15) is 36.8 Å². The number of nitrogens with zero attached hydrogens (tertiary/aromatic N) is 2. The van der Waals surface area contributed by atoms with Gasteiger partial charge in [-0.05, 0) is 31.1 Å². The number of hydrogen-bond donors (Lipinski definition) is 1. The van der Waals surface area contributed by atoms with Crippen LogP contribution >= 0.6 is 11.3 Å². The molecule has 1 aromatic heterocycles. The first-order valence-electron chi connectivity index (χ1n) is 8.25. The molecule has 1 saturated heterocycles. The molecule has 1 N–H and O–H groups in total. The summed E-state index contributed by atoms with van der Waals surface area (Å²) in [6.07, 6.45) is 5.33. The van der Waals surface area contributed by atoms with Gasteiger partial charge in [0.15, 0.2) is 5.13 Å². The second-order valence-corrected chi connectivity index (χ2v) is 7.31. The fourth-order valence-electron chi connectivity index (χ4n) is 3.69. The standard InChI is InChI=1S/C16H27N3OS/c1-3-14-15(9-17-7-8-20-2)21-16(18-14)19-10-12-5-4-6-13(12)11-19/h12-13,17H,3-11H2,1-2H3. The molecule has 21 heavy (non-hydrogen) atoms. The van der Waals surface area contributed by atoms with Crippen molar-refractivity contribution in [2.45, 2.75) is 39.2 Å². The molecule has 2 heterocycles. The van der Waals surface area contributed by atoms with Gasteiger partial charge in [0, 0.05) is 38.2 Å². The number of fused-ring (bicyclic) bond motifs is 1. The van der Waals surface area contributed by atoms with Crippen molar-refractivity contribution in [3.63, 3.8) is 0 Å². The van der Waals surface area contributed by atoms with Crippen molar-refractivity contribution in [2.24, 2.45) is 11.8 Å². The summed E-state index contributed by atoms with van der Waals surface area (Å²) in [6, 6.07) is 0. The molecule has 1 aliphatic heterocycles. The molecule has 2 fully saturated rings. The SMILES string of the molecule is CCc1nc(N2CC3CCCC3C2)sc1CNCCOC. The summed E-state index contributed by atoms with van der Waals surface area (Å²) in [7, 11) is 1.74. The third-order valence-corrected chi connectivity index (χ3v) is 6.03. The fourth-order valence-corrected chi connectivity index (χ4v) is 4.82. The highest BCUT2D eigenvalue weighted by molar-refractivity contribution is 7.15. The Hall–Kier alpha value is -0.650. The summed E-state index contributed by atoms with van der Waals surface area (Å²) in [5.74, 6) is 1.87. The van der Waals surface area contributed by atoms with Crippen LogP contribution in [-0.2, 0) is 17.7 Å². The molecule has 118 valence electrons. The van der Waals surface area contributed by atoms with E-state index in [9.17, 15) is 0 Å². The minimum atomic E-state index is 0.766. The average molecular weight is 309 g/mol. The van der Waals surface area contributed by atoms with Crippen LogP contribution in [0.25, 0.3) is 0 Å². The minimum absolute atomic E-state index is 0.766. The molecule has 0 radical (unpaired) electrons. The van der Waals surface area contributed by atoms with Crippen LogP contribution in [0.5, 0.6) is 0 Å². The van der Waals surface area contributed by atoms with E-state index in [0.29, 0.717) is 0 Å². The number of rotatable bonds is 7. The van der Waals surface area contributed by atoms with Gasteiger partial charge in [0.25, 0.3) is 0 Å². The molecule has 0 aromatic carbocycles. The maximum atomic E-state index is 5.08. The van der Waals surface area contributed by atoms with Gasteiger partial charge in [-0.25, -0.2) is 4.98 Å². The number of aromatic nitrogens is 1. The van der Waals surface area contributed by atoms with E-state index in [-0.39, 0.29) is 0 Å². The molecule has 2 atom stereocenters. The summed E-state index contributed by atoms with van der Waals surface area (Å²) < 4.78 is 5.08. The number of ether oxygens (including phenoxy) is 1. The summed E-state index contributed by atoms with van der Waals surface area (Å²) in [6.45, 7) is 7.26. The largest absolute Gasteiger partial charge is 0.383 e. The summed E-state index contributed by atoms with van der Waals surface area (Å²) in [5.41, 5.74) is 1.27. The lowest BCUT2D eigenvalue weighted by Crippen LogP contribution is -2.20. The van der Waals surface area contributed by atoms with Crippen molar-refractivity contribution in [3.05, 3.63) is 10.6 Å². The van der Waals surface area contributed by atoms with Gasteiger partial charge in [0.1, 0.15) is 0 Å². The molecule has 0 bridgehead atoms. The normalized spacial score (nSPS) is 24.8. The van der Waals surface area contributed by atoms with Gasteiger partial charge in [-0.2, -0.15) is 0 Å². The molecular formula is C16H27N3OS. The Morgan fingerprint density at radius 3 is 2.76 bits per heavy atom. The molecule has 1 saturated carbocycles. The molecular weight excluding hydrogens is 282 g/mol. The second-order valence-electron chi connectivity index (χ2n) is 6.25. The topological polar surface area (TPSA) is 37.4 Å². The van der Waals surface area contributed by atoms with E-state index in [2.05, 4.69) is 17.1 Å². The van der Waals surface area contributed by atoms with Crippen LogP contribution in [0.15, 0.2) is 0 Å². The number of nitrogens with one attached hydrogen (secondary N) is 1. The maximum absolute atomic E-state index is 5.08. The molecule has 2 aliphatic rings. The van der Waals surface area contributed by atoms with E-state index in [0.717, 1.165) is 38.0 Å². The van der Waals surface area contributed by atoms with Crippen molar-refractivity contribution < 1.29 is 4.74 Å². The van der Waals surface area contributed by atoms with E-state index in [1.54, 1.807) is 7.11 Å². The highest BCUT2D eigenvalue weighted by Crippen LogP contribution is 2.40. The predicted molar refractivity (Wildman–Crippen MR) is 88.1 cm³/mol. The van der Waals surface area contributed by atoms with Gasteiger partial charge >= 0.3 is 0 Å². The van der Waals surface area contributed by atoms with Crippen molar-refractivity contribution >= 4 is 16.5 Å². The van der Waals surface area contributed by atoms with Gasteiger partial charge in [0.2, 0.25) is 0 Å². The molecule has 3 rings (SSSR count). The lowest BCUT2D eigenvalue weighted by molar-refractivity contribution is 0.199. The van der Waals surface area contributed by atoms with E-state index in [1.807, 2.05) is 11.3 Å². The lowest BCUT2D eigenvalue weighted by Gasteiger charge is -2.15. The van der Waals surface area contributed by atoms with Gasteiger partial charge in [-0.1, -0.05) is 13.3 Å². The van der Waals surface area contributed by atoms with E-state index >= 15 is 0 Å². The van der Waals surface area contributed by atoms with Crippen LogP contribution in [0.4, 0.5) is 5.13 Å². The first-order chi connectivity index (χ1) is 10.3. The molecule has 5 heteroatoms. The highest BCUT2D eigenvalue weighted by Gasteiger charge is 2.37. The Morgan fingerprint density at radius 1 is 1.33 bits per heavy atom. The van der Waals surface area contributed by atoms with Crippen LogP contribution < -0.4 is 10.2 Å². The number of methoxy groups -OCH3 is 1. The Balaban J connectivity index is 1.62. The predicted octanol–water partition coefficient (Wildman–Crippen LogP) is 2.68. The van der Waals surface area contributed by atoms with Gasteiger partial charge in [-0.15, -0.1) is 11.3 Å². The van der Waals surface area contributed by atoms with Gasteiger partial charge < -0.3 is 15.0 Å². The monoisotopic (exact) mass is 309 g/mol. The molecule has 2 unspecified atom stereocenters. The first-order valence-corrected chi connectivity index (χ1v) is 9.06. The Kier molecular flexibility index (Phi) is 5.14. The van der Waals surface area contributed by atoms with Gasteiger partial charge in [-0.3, -0.25) is 0 Å². The highest BCUT2D eigenvalue weighted by atomic mass is 32.1. The van der Waals surface area contributed by atoms with Gasteiger partial charge in [0.05, 0.1) is 12.3 Å². The summed E-state index contributed by atoms with van der Waals surface area (Å²) in [4.78, 5) is 8.85. The van der Waals surface area contributed by atoms with E-state index in [4.69, 9.17) is 9.72 Å². The zero-order valence-corrected chi connectivity index (χ0v) is 14.0. The molecule has 0 amide bonds. The number of thiazole rings is 1. The minimum Gasteiger partial charge on any atom is -0.383 e. The molecule has 0 spiro atoms.